The fourth-order valence-corrected chi connectivity index (χ4v) is 4.59. The maximum atomic E-state index is 13.1. The monoisotopic (exact) mass is 366 g/mol. The van der Waals surface area contributed by atoms with Crippen LogP contribution in [0.4, 0.5) is 5.69 Å². The van der Waals surface area contributed by atoms with Crippen LogP contribution in [-0.2, 0) is 0 Å². The Labute approximate surface area is 156 Å². The molecule has 26 heavy (non-hydrogen) atoms. The number of thiophene rings is 1. The molecule has 134 valence electrons. The number of rotatable bonds is 4. The highest BCUT2D eigenvalue weighted by Crippen LogP contribution is 2.35. The van der Waals surface area contributed by atoms with Crippen molar-refractivity contribution in [3.8, 4) is 0 Å². The van der Waals surface area contributed by atoms with Crippen molar-refractivity contribution in [3.05, 3.63) is 52.7 Å². The summed E-state index contributed by atoms with van der Waals surface area (Å²) in [4.78, 5) is 25.1. The normalized spacial score (nSPS) is 15.4. The molecule has 1 atom stereocenters. The molecule has 0 aromatic carbocycles. The van der Waals surface area contributed by atoms with Gasteiger partial charge in [-0.2, -0.15) is 0 Å². The van der Waals surface area contributed by atoms with E-state index in [9.17, 15) is 4.79 Å². The lowest BCUT2D eigenvalue weighted by atomic mass is 9.98. The van der Waals surface area contributed by atoms with E-state index in [0.29, 0.717) is 4.70 Å². The number of anilines is 1. The third-order valence-corrected chi connectivity index (χ3v) is 5.97. The van der Waals surface area contributed by atoms with Crippen LogP contribution < -0.4 is 10.5 Å². The van der Waals surface area contributed by atoms with Gasteiger partial charge >= 0.3 is 0 Å². The molecular weight excluding hydrogens is 344 g/mol. The SMILES string of the molecule is CC(CC1=CC=CCC1)n1cnc2c(sc3nccc(N(C)C)c32)c1=O. The molecule has 0 spiro atoms. The molecule has 1 aliphatic carbocycles. The van der Waals surface area contributed by atoms with Gasteiger partial charge < -0.3 is 4.90 Å². The van der Waals surface area contributed by atoms with Crippen molar-refractivity contribution in [3.63, 3.8) is 0 Å². The highest BCUT2D eigenvalue weighted by atomic mass is 32.1. The van der Waals surface area contributed by atoms with E-state index in [1.54, 1.807) is 17.1 Å². The van der Waals surface area contributed by atoms with Gasteiger partial charge in [0.15, 0.2) is 0 Å². The van der Waals surface area contributed by atoms with E-state index >= 15 is 0 Å². The van der Waals surface area contributed by atoms with Crippen LogP contribution in [-0.4, -0.2) is 28.6 Å². The molecule has 0 N–H and O–H groups in total. The van der Waals surface area contributed by atoms with E-state index in [2.05, 4.69) is 35.1 Å². The summed E-state index contributed by atoms with van der Waals surface area (Å²) in [5, 5.41) is 0.967. The van der Waals surface area contributed by atoms with Crippen LogP contribution in [0.2, 0.25) is 0 Å². The van der Waals surface area contributed by atoms with Crippen LogP contribution >= 0.6 is 11.3 Å². The predicted molar refractivity (Wildman–Crippen MR) is 109 cm³/mol. The van der Waals surface area contributed by atoms with Crippen LogP contribution in [0, 0.1) is 0 Å². The van der Waals surface area contributed by atoms with Crippen LogP contribution in [0.25, 0.3) is 20.4 Å². The molecule has 4 rings (SSSR count). The Morgan fingerprint density at radius 1 is 1.35 bits per heavy atom. The molecule has 0 aliphatic heterocycles. The maximum Gasteiger partial charge on any atom is 0.271 e. The number of hydrogen-bond acceptors (Lipinski definition) is 5. The summed E-state index contributed by atoms with van der Waals surface area (Å²) in [5.41, 5.74) is 3.22. The first-order valence-corrected chi connectivity index (χ1v) is 9.68. The number of fused-ring (bicyclic) bond motifs is 3. The fourth-order valence-electron chi connectivity index (χ4n) is 3.54. The zero-order chi connectivity index (χ0) is 18.3. The van der Waals surface area contributed by atoms with Crippen LogP contribution in [0.15, 0.2) is 47.2 Å². The molecular formula is C20H22N4OS. The molecule has 3 heterocycles. The van der Waals surface area contributed by atoms with Gasteiger partial charge in [-0.25, -0.2) is 9.97 Å². The number of allylic oxidation sites excluding steroid dienone is 4. The van der Waals surface area contributed by atoms with Gasteiger partial charge in [0.05, 0.1) is 22.9 Å². The van der Waals surface area contributed by atoms with Gasteiger partial charge in [0.2, 0.25) is 0 Å². The first kappa shape index (κ1) is 17.0. The van der Waals surface area contributed by atoms with Crippen molar-refractivity contribution in [2.24, 2.45) is 0 Å². The minimum absolute atomic E-state index is 0.0298. The Kier molecular flexibility index (Phi) is 4.36. The molecule has 0 bridgehead atoms. The summed E-state index contributed by atoms with van der Waals surface area (Å²) in [5.74, 6) is 0. The lowest BCUT2D eigenvalue weighted by molar-refractivity contribution is 0.514. The van der Waals surface area contributed by atoms with Gasteiger partial charge in [0.1, 0.15) is 9.53 Å². The van der Waals surface area contributed by atoms with Gasteiger partial charge in [-0.05, 0) is 32.3 Å². The minimum atomic E-state index is 0.0298. The third-order valence-electron chi connectivity index (χ3n) is 4.90. The van der Waals surface area contributed by atoms with E-state index in [0.717, 1.165) is 40.7 Å². The Bertz CT molecular complexity index is 1090. The maximum absolute atomic E-state index is 13.1. The quantitative estimate of drug-likeness (QED) is 0.691. The Hall–Kier alpha value is -2.47. The highest BCUT2D eigenvalue weighted by molar-refractivity contribution is 7.25. The lowest BCUT2D eigenvalue weighted by Crippen LogP contribution is -2.23. The Morgan fingerprint density at radius 3 is 2.92 bits per heavy atom. The molecule has 0 saturated carbocycles. The fraction of sp³-hybridized carbons (Fsp3) is 0.350. The zero-order valence-corrected chi connectivity index (χ0v) is 16.1. The first-order chi connectivity index (χ1) is 12.6. The summed E-state index contributed by atoms with van der Waals surface area (Å²) in [6, 6.07) is 2.05. The molecule has 3 aromatic rings. The first-order valence-electron chi connectivity index (χ1n) is 8.86. The molecule has 1 aliphatic rings. The Balaban J connectivity index is 1.81. The smallest absolute Gasteiger partial charge is 0.271 e. The van der Waals surface area contributed by atoms with Gasteiger partial charge in [0.25, 0.3) is 5.56 Å². The van der Waals surface area contributed by atoms with Crippen molar-refractivity contribution in [1.29, 1.82) is 0 Å². The topological polar surface area (TPSA) is 51.0 Å². The van der Waals surface area contributed by atoms with Gasteiger partial charge in [-0.15, -0.1) is 11.3 Å². The molecule has 0 radical (unpaired) electrons. The average Bonchev–Trinajstić information content (AvgIpc) is 3.02. The molecule has 5 nitrogen and oxygen atoms in total. The molecule has 0 fully saturated rings. The largest absolute Gasteiger partial charge is 0.377 e. The van der Waals surface area contributed by atoms with Crippen LogP contribution in [0.3, 0.4) is 0 Å². The summed E-state index contributed by atoms with van der Waals surface area (Å²) in [7, 11) is 3.99. The number of aromatic nitrogens is 3. The summed E-state index contributed by atoms with van der Waals surface area (Å²) in [6.07, 6.45) is 13.0. The number of nitrogens with zero attached hydrogens (tertiary/aromatic N) is 4. The van der Waals surface area contributed by atoms with E-state index in [1.807, 2.05) is 25.1 Å². The summed E-state index contributed by atoms with van der Waals surface area (Å²) >= 11 is 1.44. The van der Waals surface area contributed by atoms with E-state index in [1.165, 1.54) is 16.9 Å². The summed E-state index contributed by atoms with van der Waals surface area (Å²) in [6.45, 7) is 2.09. The zero-order valence-electron chi connectivity index (χ0n) is 15.3. The number of pyridine rings is 1. The van der Waals surface area contributed by atoms with Crippen LogP contribution in [0.5, 0.6) is 0 Å². The standard InChI is InChI=1S/C20H22N4OS/c1-13(11-14-7-5-4-6-8-14)24-12-22-17-16-15(23(2)3)9-10-21-19(16)26-18(17)20(24)25/h4-5,7,9-10,12-13H,6,8,11H2,1-3H3. The number of hydrogen-bond donors (Lipinski definition) is 0. The molecule has 1 unspecified atom stereocenters. The van der Waals surface area contributed by atoms with Gasteiger partial charge in [0, 0.05) is 26.3 Å². The molecule has 0 amide bonds. The average molecular weight is 366 g/mol. The second-order valence-electron chi connectivity index (χ2n) is 6.99. The third kappa shape index (κ3) is 2.84. The second-order valence-corrected chi connectivity index (χ2v) is 7.99. The Morgan fingerprint density at radius 2 is 2.19 bits per heavy atom. The van der Waals surface area contributed by atoms with E-state index in [4.69, 9.17) is 0 Å². The van der Waals surface area contributed by atoms with E-state index in [-0.39, 0.29) is 11.6 Å². The summed E-state index contributed by atoms with van der Waals surface area (Å²) < 4.78 is 2.46. The lowest BCUT2D eigenvalue weighted by Gasteiger charge is -2.17. The molecule has 3 aromatic heterocycles. The molecule has 0 saturated heterocycles. The predicted octanol–water partition coefficient (Wildman–Crippen LogP) is 4.30. The second kappa shape index (κ2) is 6.68. The van der Waals surface area contributed by atoms with Crippen molar-refractivity contribution in [2.45, 2.75) is 32.2 Å². The highest BCUT2D eigenvalue weighted by Gasteiger charge is 2.18. The van der Waals surface area contributed by atoms with E-state index < -0.39 is 0 Å². The van der Waals surface area contributed by atoms with Crippen molar-refractivity contribution in [1.82, 2.24) is 14.5 Å². The van der Waals surface area contributed by atoms with Crippen molar-refractivity contribution >= 4 is 37.5 Å². The molecule has 6 heteroatoms. The van der Waals surface area contributed by atoms with Crippen molar-refractivity contribution < 1.29 is 0 Å². The van der Waals surface area contributed by atoms with Gasteiger partial charge in [-0.3, -0.25) is 9.36 Å². The van der Waals surface area contributed by atoms with Gasteiger partial charge in [-0.1, -0.05) is 23.8 Å². The minimum Gasteiger partial charge on any atom is -0.377 e. The van der Waals surface area contributed by atoms with Crippen LogP contribution in [0.1, 0.15) is 32.2 Å². The van der Waals surface area contributed by atoms with Crippen molar-refractivity contribution in [2.75, 3.05) is 19.0 Å².